The van der Waals surface area contributed by atoms with Gasteiger partial charge in [-0.1, -0.05) is 24.3 Å². The molecule has 48 heavy (non-hydrogen) atoms. The Hall–Kier alpha value is -3.16. The Kier molecular flexibility index (Phi) is 11.9. The third-order valence-electron chi connectivity index (χ3n) is 7.88. The molecule has 0 fully saturated rings. The predicted molar refractivity (Wildman–Crippen MR) is 190 cm³/mol. The average molecular weight is 741 g/mol. The van der Waals surface area contributed by atoms with Crippen LogP contribution in [0.2, 0.25) is 0 Å². The Morgan fingerprint density at radius 1 is 0.646 bits per heavy atom. The van der Waals surface area contributed by atoms with E-state index in [1.807, 2.05) is 64.5 Å². The lowest BCUT2D eigenvalue weighted by molar-refractivity contribution is 0.0498. The zero-order valence-electron chi connectivity index (χ0n) is 28.3. The molecule has 262 valence electrons. The predicted octanol–water partition coefficient (Wildman–Crippen LogP) is 6.88. The third-order valence-corrected chi connectivity index (χ3v) is 12.0. The smallest absolute Gasteiger partial charge is 0.409 e. The van der Waals surface area contributed by atoms with Crippen LogP contribution in [0.1, 0.15) is 50.9 Å². The first kappa shape index (κ1) is 37.7. The van der Waals surface area contributed by atoms with Crippen LogP contribution in [0.15, 0.2) is 36.4 Å². The summed E-state index contributed by atoms with van der Waals surface area (Å²) >= 11 is 4.58. The molecular formula is C30H40N6O8S4. The number of hydrogen-bond donors (Lipinski definition) is 2. The molecule has 0 saturated heterocycles. The van der Waals surface area contributed by atoms with Crippen molar-refractivity contribution in [1.29, 1.82) is 0 Å². The molecule has 2 N–H and O–H groups in total. The maximum Gasteiger partial charge on any atom is 0.439 e. The first-order valence-corrected chi connectivity index (χ1v) is 18.5. The molecule has 5 rings (SSSR count). The minimum Gasteiger partial charge on any atom is -0.409 e. The molecule has 14 nitrogen and oxygen atoms in total. The number of hydrogen-bond acceptors (Lipinski definition) is 14. The molecular weight excluding hydrogens is 701 g/mol. The van der Waals surface area contributed by atoms with Gasteiger partial charge in [0.2, 0.25) is 0 Å². The van der Waals surface area contributed by atoms with Gasteiger partial charge in [0.15, 0.2) is 0 Å². The Bertz CT molecular complexity index is 1550. The lowest BCUT2D eigenvalue weighted by Gasteiger charge is -2.35. The molecule has 0 spiro atoms. The van der Waals surface area contributed by atoms with Crippen molar-refractivity contribution in [2.75, 3.05) is 40.7 Å². The molecule has 4 bridgehead atoms. The quantitative estimate of drug-likeness (QED) is 0.315. The number of nitrogens with one attached hydrogen (secondary N) is 2. The maximum absolute atomic E-state index is 13.6. The average Bonchev–Trinajstić information content (AvgIpc) is 3.06. The lowest BCUT2D eigenvalue weighted by Crippen LogP contribution is -2.41. The summed E-state index contributed by atoms with van der Waals surface area (Å²) in [5.41, 5.74) is 8.07. The van der Waals surface area contributed by atoms with Gasteiger partial charge in [0, 0.05) is 43.2 Å². The van der Waals surface area contributed by atoms with E-state index in [-0.39, 0.29) is 17.1 Å². The van der Waals surface area contributed by atoms with Crippen molar-refractivity contribution in [1.82, 2.24) is 28.2 Å². The van der Waals surface area contributed by atoms with Crippen LogP contribution in [0, 0.1) is 0 Å². The highest BCUT2D eigenvalue weighted by molar-refractivity contribution is 8.00. The summed E-state index contributed by atoms with van der Waals surface area (Å²) in [6.07, 6.45) is 0.699. The Labute approximate surface area is 297 Å². The topological polar surface area (TPSA) is 142 Å². The SMILES string of the molecule is CSC(C)(C)C1NOC(=O)N(C)SN(C)C(=O)Oc2ccc(c3c2C(C(C)(C)SC)NOC(=O)N(C)SN(C)C(=O)O3)-c2ccc1cc2. The zero-order valence-corrected chi connectivity index (χ0v) is 31.6. The molecule has 2 atom stereocenters. The van der Waals surface area contributed by atoms with E-state index in [9.17, 15) is 19.2 Å². The fraction of sp³-hybridized carbons (Fsp3) is 0.467. The molecule has 3 aliphatic rings. The minimum atomic E-state index is -0.878. The molecule has 0 aromatic heterocycles. The van der Waals surface area contributed by atoms with Crippen molar-refractivity contribution in [3.8, 4) is 22.6 Å². The Balaban J connectivity index is 2.03. The van der Waals surface area contributed by atoms with Gasteiger partial charge in [-0.2, -0.15) is 23.5 Å². The number of amides is 4. The van der Waals surface area contributed by atoms with E-state index in [0.29, 0.717) is 11.1 Å². The maximum atomic E-state index is 13.6. The lowest BCUT2D eigenvalue weighted by atomic mass is 9.89. The monoisotopic (exact) mass is 740 g/mol. The van der Waals surface area contributed by atoms with Crippen molar-refractivity contribution in [3.05, 3.63) is 47.5 Å². The van der Waals surface area contributed by atoms with E-state index >= 15 is 0 Å². The van der Waals surface area contributed by atoms with Crippen LogP contribution >= 0.6 is 47.8 Å². The van der Waals surface area contributed by atoms with Gasteiger partial charge in [0.25, 0.3) is 0 Å². The molecule has 2 aromatic rings. The molecule has 18 heteroatoms. The summed E-state index contributed by atoms with van der Waals surface area (Å²) in [6, 6.07) is 9.51. The summed E-state index contributed by atoms with van der Waals surface area (Å²) in [4.78, 5) is 64.1. The summed E-state index contributed by atoms with van der Waals surface area (Å²) < 4.78 is 15.4. The first-order valence-electron chi connectivity index (χ1n) is 14.6. The van der Waals surface area contributed by atoms with Crippen LogP contribution in [0.4, 0.5) is 19.2 Å². The number of nitrogens with zero attached hydrogens (tertiary/aromatic N) is 4. The van der Waals surface area contributed by atoms with E-state index in [4.69, 9.17) is 19.1 Å². The number of fused-ring (bicyclic) bond motifs is 11. The number of ether oxygens (including phenoxy) is 2. The van der Waals surface area contributed by atoms with E-state index in [1.54, 1.807) is 23.9 Å². The van der Waals surface area contributed by atoms with E-state index in [2.05, 4.69) is 11.0 Å². The number of benzene rings is 2. The first-order chi connectivity index (χ1) is 22.5. The molecule has 2 unspecified atom stereocenters. The molecule has 0 saturated carbocycles. The zero-order chi connectivity index (χ0) is 35.6. The van der Waals surface area contributed by atoms with Crippen LogP contribution in [-0.4, -0.2) is 91.8 Å². The number of rotatable bonds is 4. The molecule has 3 aliphatic heterocycles. The Morgan fingerprint density at radius 2 is 1.10 bits per heavy atom. The van der Waals surface area contributed by atoms with Gasteiger partial charge in [-0.3, -0.25) is 0 Å². The van der Waals surface area contributed by atoms with Crippen molar-refractivity contribution < 1.29 is 38.3 Å². The van der Waals surface area contributed by atoms with Gasteiger partial charge in [0.1, 0.15) is 11.5 Å². The molecule has 0 aliphatic carbocycles. The normalized spacial score (nSPS) is 20.4. The van der Waals surface area contributed by atoms with Crippen LogP contribution in [0.5, 0.6) is 11.5 Å². The number of carbonyl (C=O) groups excluding carboxylic acids is 4. The molecule has 2 aromatic carbocycles. The molecule has 0 radical (unpaired) electrons. The highest BCUT2D eigenvalue weighted by Gasteiger charge is 2.40. The minimum absolute atomic E-state index is 0.0344. The van der Waals surface area contributed by atoms with Crippen molar-refractivity contribution >= 4 is 72.2 Å². The van der Waals surface area contributed by atoms with E-state index in [1.165, 1.54) is 40.0 Å². The second kappa shape index (κ2) is 15.2. The van der Waals surface area contributed by atoms with Crippen LogP contribution in [0.3, 0.4) is 0 Å². The van der Waals surface area contributed by atoms with Crippen LogP contribution in [0.25, 0.3) is 11.1 Å². The number of thioether (sulfide) groups is 2. The summed E-state index contributed by atoms with van der Waals surface area (Å²) in [5, 5.41) is 0. The van der Waals surface area contributed by atoms with E-state index in [0.717, 1.165) is 47.1 Å². The number of carbonyl (C=O) groups is 4. The van der Waals surface area contributed by atoms with Gasteiger partial charge in [-0.15, -0.1) is 11.0 Å². The third kappa shape index (κ3) is 8.16. The standard InChI is InChI=1S/C30H40N6O8S4/c1-29(2,45-9)23-18-13-11-17(12-14-18)19-15-16-20(41-25(37)33(5)47-35(7)27(39)43-31-23)21-22(19)42-26(38)34(6)48-36(8)28(40)44-32-24(21)30(3,4)46-10/h11-16,23-24,31-32H,1-10H3. The van der Waals surface area contributed by atoms with Gasteiger partial charge in [-0.05, 0) is 63.5 Å². The summed E-state index contributed by atoms with van der Waals surface area (Å²) in [6.45, 7) is 7.86. The van der Waals surface area contributed by atoms with Crippen molar-refractivity contribution in [3.63, 3.8) is 0 Å². The number of hydroxylamine groups is 2. The summed E-state index contributed by atoms with van der Waals surface area (Å²) in [7, 11) is 5.79. The largest absolute Gasteiger partial charge is 0.439 e. The fourth-order valence-corrected chi connectivity index (χ4v) is 6.66. The highest BCUT2D eigenvalue weighted by Crippen LogP contribution is 2.49. The van der Waals surface area contributed by atoms with Crippen molar-refractivity contribution in [2.24, 2.45) is 0 Å². The molecule has 4 amide bonds. The fourth-order valence-electron chi connectivity index (χ4n) is 4.69. The van der Waals surface area contributed by atoms with Crippen LogP contribution in [-0.2, 0) is 9.68 Å². The van der Waals surface area contributed by atoms with Gasteiger partial charge in [0.05, 0.1) is 41.9 Å². The summed E-state index contributed by atoms with van der Waals surface area (Å²) in [5.74, 6) is 0.132. The van der Waals surface area contributed by atoms with Gasteiger partial charge in [-0.25, -0.2) is 36.4 Å². The van der Waals surface area contributed by atoms with Gasteiger partial charge < -0.3 is 19.1 Å². The van der Waals surface area contributed by atoms with Crippen LogP contribution < -0.4 is 20.4 Å². The van der Waals surface area contributed by atoms with Gasteiger partial charge >= 0.3 is 24.4 Å². The second-order valence-electron chi connectivity index (χ2n) is 11.8. The van der Waals surface area contributed by atoms with E-state index < -0.39 is 46.0 Å². The Morgan fingerprint density at radius 3 is 1.62 bits per heavy atom. The molecule has 3 heterocycles. The highest BCUT2D eigenvalue weighted by atomic mass is 32.2. The van der Waals surface area contributed by atoms with Crippen molar-refractivity contribution in [2.45, 2.75) is 49.3 Å². The second-order valence-corrected chi connectivity index (χ2v) is 17.3.